The second-order valence-electron chi connectivity index (χ2n) is 13.1. The van der Waals surface area contributed by atoms with E-state index in [9.17, 15) is 18.4 Å². The van der Waals surface area contributed by atoms with Gasteiger partial charge in [0.1, 0.15) is 23.0 Å². The third-order valence-electron chi connectivity index (χ3n) is 9.28. The van der Waals surface area contributed by atoms with Gasteiger partial charge in [0.2, 0.25) is 0 Å². The van der Waals surface area contributed by atoms with Gasteiger partial charge in [0.15, 0.2) is 0 Å². The number of hydrogen-bond acceptors (Lipinski definition) is 5. The normalized spacial score (nSPS) is 23.4. The van der Waals surface area contributed by atoms with E-state index in [1.807, 2.05) is 50.2 Å². The molecule has 2 aliphatic carbocycles. The van der Waals surface area contributed by atoms with Crippen LogP contribution in [0.1, 0.15) is 56.3 Å². The molecule has 4 atom stereocenters. The number of carbonyl (C=O) groups excluding carboxylic acids is 2. The van der Waals surface area contributed by atoms with Crippen molar-refractivity contribution in [3.63, 3.8) is 0 Å². The van der Waals surface area contributed by atoms with Crippen LogP contribution in [0.4, 0.5) is 8.78 Å². The molecule has 4 unspecified atom stereocenters. The number of rotatable bonds is 2. The Labute approximate surface area is 290 Å². The first-order valence-corrected chi connectivity index (χ1v) is 16.6. The Morgan fingerprint density at radius 1 is 0.796 bits per heavy atom. The fourth-order valence-corrected chi connectivity index (χ4v) is 6.50. The molecule has 2 saturated carbocycles. The van der Waals surface area contributed by atoms with Gasteiger partial charge in [0.05, 0.1) is 5.41 Å². The van der Waals surface area contributed by atoms with Crippen molar-refractivity contribution in [2.45, 2.75) is 26.7 Å². The highest BCUT2D eigenvalue weighted by molar-refractivity contribution is 6.67. The SMILES string of the molecule is Cc1cccc(C#CC23CC2CN(C(=O)c2cccc(F)c2)C3)n1.Cc1cccc(C#CC23CNCC2C3)n1.O=C(Cl)c1cccc(F)c1. The molecule has 49 heavy (non-hydrogen) atoms. The van der Waals surface area contributed by atoms with Gasteiger partial charge in [-0.25, -0.2) is 18.7 Å². The van der Waals surface area contributed by atoms with Crippen LogP contribution >= 0.6 is 11.6 Å². The van der Waals surface area contributed by atoms with Gasteiger partial charge in [-0.1, -0.05) is 36.1 Å². The number of piperidine rings is 2. The van der Waals surface area contributed by atoms with Crippen LogP contribution in [0.5, 0.6) is 0 Å². The Balaban J connectivity index is 0.000000142. The van der Waals surface area contributed by atoms with Crippen molar-refractivity contribution in [3.8, 4) is 23.7 Å². The van der Waals surface area contributed by atoms with Crippen LogP contribution in [0.3, 0.4) is 0 Å². The highest BCUT2D eigenvalue weighted by Crippen LogP contribution is 2.57. The average Bonchev–Trinajstić information content (AvgIpc) is 3.87. The summed E-state index contributed by atoms with van der Waals surface area (Å²) < 4.78 is 25.6. The summed E-state index contributed by atoms with van der Waals surface area (Å²) in [6.07, 6.45) is 2.30. The quantitative estimate of drug-likeness (QED) is 0.191. The molecule has 1 N–H and O–H groups in total. The van der Waals surface area contributed by atoms with Crippen molar-refractivity contribution in [2.75, 3.05) is 26.2 Å². The first-order chi connectivity index (χ1) is 23.5. The van der Waals surface area contributed by atoms with E-state index in [2.05, 4.69) is 39.0 Å². The van der Waals surface area contributed by atoms with Crippen molar-refractivity contribution in [1.29, 1.82) is 0 Å². The third kappa shape index (κ3) is 8.40. The molecule has 2 aromatic heterocycles. The Kier molecular flexibility index (Phi) is 9.92. The van der Waals surface area contributed by atoms with Crippen LogP contribution in [-0.4, -0.2) is 52.2 Å². The maximum absolute atomic E-state index is 13.3. The lowest BCUT2D eigenvalue weighted by Gasteiger charge is -2.19. The summed E-state index contributed by atoms with van der Waals surface area (Å²) in [7, 11) is 0. The van der Waals surface area contributed by atoms with E-state index in [0.29, 0.717) is 30.0 Å². The standard InChI is InChI=1S/C20H17FN2O.C13H14N2.C7H4ClFO/c1-14-4-2-7-18(22-14)8-9-20-11-16(20)12-23(13-20)19(24)15-5-3-6-17(21)10-15;1-10-3-2-4-12(15-10)5-6-13-7-11(13)8-14-9-13;8-7(10)5-2-1-3-6(9)4-5/h2-7,10,16H,11-13H2,1H3;2-4,11,14H,7-9H2,1H3;1-4H. The largest absolute Gasteiger partial charge is 0.337 e. The van der Waals surface area contributed by atoms with Gasteiger partial charge >= 0.3 is 0 Å². The number of hydrogen-bond donors (Lipinski definition) is 1. The smallest absolute Gasteiger partial charge is 0.254 e. The van der Waals surface area contributed by atoms with Crippen LogP contribution in [0.15, 0.2) is 84.9 Å². The Morgan fingerprint density at radius 3 is 1.86 bits per heavy atom. The van der Waals surface area contributed by atoms with Crippen LogP contribution in [-0.2, 0) is 0 Å². The van der Waals surface area contributed by atoms with E-state index in [0.717, 1.165) is 54.3 Å². The zero-order valence-electron chi connectivity index (χ0n) is 27.3. The minimum absolute atomic E-state index is 0.103. The molecule has 0 radical (unpaired) electrons. The maximum atomic E-state index is 13.3. The Hall–Kier alpha value is -4.89. The van der Waals surface area contributed by atoms with E-state index in [-0.39, 0.29) is 22.7 Å². The Morgan fingerprint density at radius 2 is 1.35 bits per heavy atom. The van der Waals surface area contributed by atoms with Crippen LogP contribution in [0, 0.1) is 71.8 Å². The summed E-state index contributed by atoms with van der Waals surface area (Å²) >= 11 is 5.07. The number of fused-ring (bicyclic) bond motifs is 2. The van der Waals surface area contributed by atoms with Crippen molar-refractivity contribution >= 4 is 22.8 Å². The van der Waals surface area contributed by atoms with Crippen molar-refractivity contribution in [3.05, 3.63) is 130 Å². The highest BCUT2D eigenvalue weighted by Gasteiger charge is 2.60. The average molecular weight is 677 g/mol. The number of pyridine rings is 2. The minimum atomic E-state index is -0.639. The van der Waals surface area contributed by atoms with E-state index < -0.39 is 11.1 Å². The van der Waals surface area contributed by atoms with E-state index in [4.69, 9.17) is 11.6 Å². The number of carbonyl (C=O) groups is 2. The number of amides is 1. The molecular weight excluding hydrogens is 642 g/mol. The zero-order valence-corrected chi connectivity index (χ0v) is 28.0. The predicted octanol–water partition coefficient (Wildman–Crippen LogP) is 6.60. The second kappa shape index (κ2) is 14.3. The monoisotopic (exact) mass is 676 g/mol. The molecule has 8 rings (SSSR count). The summed E-state index contributed by atoms with van der Waals surface area (Å²) in [5, 5.41) is 2.75. The molecule has 0 spiro atoms. The molecule has 6 nitrogen and oxygen atoms in total. The summed E-state index contributed by atoms with van der Waals surface area (Å²) in [5.74, 6) is 13.4. The molecule has 2 aliphatic heterocycles. The molecule has 4 fully saturated rings. The fraction of sp³-hybridized carbons (Fsp3) is 0.300. The van der Waals surface area contributed by atoms with Crippen molar-refractivity contribution in [2.24, 2.45) is 22.7 Å². The number of nitrogens with zero attached hydrogens (tertiary/aromatic N) is 3. The third-order valence-corrected chi connectivity index (χ3v) is 9.49. The molecule has 4 heterocycles. The van der Waals surface area contributed by atoms with E-state index in [1.165, 1.54) is 36.8 Å². The molecule has 4 aliphatic rings. The van der Waals surface area contributed by atoms with Gasteiger partial charge in [0.25, 0.3) is 11.1 Å². The van der Waals surface area contributed by atoms with E-state index in [1.54, 1.807) is 17.0 Å². The summed E-state index contributed by atoms with van der Waals surface area (Å²) in [6, 6.07) is 22.9. The highest BCUT2D eigenvalue weighted by atomic mass is 35.5. The Bertz CT molecular complexity index is 2030. The summed E-state index contributed by atoms with van der Waals surface area (Å²) in [6.45, 7) is 7.47. The second-order valence-corrected chi connectivity index (χ2v) is 13.4. The first-order valence-electron chi connectivity index (χ1n) is 16.2. The van der Waals surface area contributed by atoms with Gasteiger partial charge in [0, 0.05) is 47.6 Å². The minimum Gasteiger partial charge on any atom is -0.337 e. The topological polar surface area (TPSA) is 75.2 Å². The van der Waals surface area contributed by atoms with Crippen molar-refractivity contribution < 1.29 is 18.4 Å². The molecule has 9 heteroatoms. The molecule has 2 aromatic carbocycles. The molecule has 0 bridgehead atoms. The lowest BCUT2D eigenvalue weighted by atomic mass is 10.1. The number of aryl methyl sites for hydroxylation is 2. The zero-order chi connectivity index (χ0) is 34.6. The molecule has 4 aromatic rings. The molecule has 248 valence electrons. The molecular formula is C40H35ClF2N4O2. The van der Waals surface area contributed by atoms with Gasteiger partial charge in [-0.3, -0.25) is 9.59 Å². The molecule has 2 saturated heterocycles. The lowest BCUT2D eigenvalue weighted by molar-refractivity contribution is 0.0770. The number of halogens is 3. The number of aromatic nitrogens is 2. The van der Waals surface area contributed by atoms with Crippen LogP contribution < -0.4 is 5.32 Å². The van der Waals surface area contributed by atoms with Gasteiger partial charge in [-0.15, -0.1) is 0 Å². The molecule has 1 amide bonds. The van der Waals surface area contributed by atoms with Crippen LogP contribution in [0.25, 0.3) is 0 Å². The van der Waals surface area contributed by atoms with Gasteiger partial charge in [-0.05, 0) is 129 Å². The number of benzene rings is 2. The van der Waals surface area contributed by atoms with Crippen molar-refractivity contribution in [1.82, 2.24) is 20.2 Å². The first kappa shape index (κ1) is 34.0. The predicted molar refractivity (Wildman–Crippen MR) is 185 cm³/mol. The van der Waals surface area contributed by atoms with Crippen LogP contribution in [0.2, 0.25) is 0 Å². The van der Waals surface area contributed by atoms with Gasteiger partial charge in [-0.2, -0.15) is 0 Å². The van der Waals surface area contributed by atoms with E-state index >= 15 is 0 Å². The summed E-state index contributed by atoms with van der Waals surface area (Å²) in [5.41, 5.74) is 4.44. The maximum Gasteiger partial charge on any atom is 0.254 e. The van der Waals surface area contributed by atoms with Gasteiger partial charge < -0.3 is 10.2 Å². The number of nitrogens with one attached hydrogen (secondary N) is 1. The number of likely N-dealkylation sites (tertiary alicyclic amines) is 1. The lowest BCUT2D eigenvalue weighted by Crippen LogP contribution is -2.31. The summed E-state index contributed by atoms with van der Waals surface area (Å²) in [4.78, 5) is 33.5. The fourth-order valence-electron chi connectivity index (χ4n) is 6.38.